The number of thiophene rings is 1. The summed E-state index contributed by atoms with van der Waals surface area (Å²) in [6.45, 7) is 2.32. The van der Waals surface area contributed by atoms with Crippen molar-refractivity contribution in [1.82, 2.24) is 10.1 Å². The number of rotatable bonds is 5. The average molecular weight is 461 g/mol. The van der Waals surface area contributed by atoms with E-state index in [1.54, 1.807) is 6.92 Å². The van der Waals surface area contributed by atoms with Crippen LogP contribution in [0.15, 0.2) is 33.7 Å². The standard InChI is InChI=1S/C17H14F3N3O5S2/c1-9-21-15(28-22-9)14-10-6-7-26-8-12(10)29-16(14)23-30(24,25)13-5-3-2-4-11(13)27-17(18,19)20/h2-5,23H,6-8H2,1H3. The van der Waals surface area contributed by atoms with Gasteiger partial charge in [-0.2, -0.15) is 4.98 Å². The SMILES string of the molecule is Cc1noc(-c2c(NS(=O)(=O)c3ccccc3OC(F)(F)F)sc3c2CCOC3)n1. The van der Waals surface area contributed by atoms with Crippen molar-refractivity contribution in [3.63, 3.8) is 0 Å². The van der Waals surface area contributed by atoms with E-state index in [1.807, 2.05) is 0 Å². The summed E-state index contributed by atoms with van der Waals surface area (Å²) in [4.78, 5) is 4.28. The van der Waals surface area contributed by atoms with Gasteiger partial charge < -0.3 is 14.0 Å². The number of fused-ring (bicyclic) bond motifs is 1. The first kappa shape index (κ1) is 20.6. The van der Waals surface area contributed by atoms with E-state index in [0.29, 0.717) is 24.4 Å². The molecule has 30 heavy (non-hydrogen) atoms. The van der Waals surface area contributed by atoms with Crippen molar-refractivity contribution in [2.75, 3.05) is 11.3 Å². The summed E-state index contributed by atoms with van der Waals surface area (Å²) in [6, 6.07) is 4.50. The zero-order valence-electron chi connectivity index (χ0n) is 15.3. The quantitative estimate of drug-likeness (QED) is 0.615. The molecule has 1 N–H and O–H groups in total. The number of aryl methyl sites for hydroxylation is 1. The lowest BCUT2D eigenvalue weighted by atomic mass is 10.1. The van der Waals surface area contributed by atoms with Crippen LogP contribution in [-0.2, 0) is 27.8 Å². The van der Waals surface area contributed by atoms with Crippen LogP contribution in [0.5, 0.6) is 5.75 Å². The van der Waals surface area contributed by atoms with Crippen LogP contribution in [0.1, 0.15) is 16.3 Å². The molecule has 0 saturated heterocycles. The minimum atomic E-state index is -5.04. The Kier molecular flexibility index (Phi) is 5.20. The van der Waals surface area contributed by atoms with E-state index in [2.05, 4.69) is 19.6 Å². The molecule has 0 amide bonds. The predicted octanol–water partition coefficient (Wildman–Crippen LogP) is 3.88. The normalized spacial score (nSPS) is 14.4. The van der Waals surface area contributed by atoms with E-state index in [4.69, 9.17) is 9.26 Å². The summed E-state index contributed by atoms with van der Waals surface area (Å²) in [5.41, 5.74) is 1.20. The van der Waals surface area contributed by atoms with Gasteiger partial charge in [0.2, 0.25) is 0 Å². The molecule has 0 spiro atoms. The van der Waals surface area contributed by atoms with Gasteiger partial charge >= 0.3 is 6.36 Å². The van der Waals surface area contributed by atoms with E-state index in [9.17, 15) is 21.6 Å². The number of hydrogen-bond donors (Lipinski definition) is 1. The zero-order chi connectivity index (χ0) is 21.5. The van der Waals surface area contributed by atoms with Crippen LogP contribution in [0.25, 0.3) is 11.5 Å². The van der Waals surface area contributed by atoms with Crippen LogP contribution >= 0.6 is 11.3 Å². The van der Waals surface area contributed by atoms with E-state index in [1.165, 1.54) is 12.1 Å². The third kappa shape index (κ3) is 4.13. The van der Waals surface area contributed by atoms with Crippen LogP contribution < -0.4 is 9.46 Å². The molecule has 2 aromatic heterocycles. The number of ether oxygens (including phenoxy) is 2. The van der Waals surface area contributed by atoms with Crippen molar-refractivity contribution in [3.8, 4) is 17.2 Å². The highest BCUT2D eigenvalue weighted by atomic mass is 32.2. The topological polar surface area (TPSA) is 104 Å². The van der Waals surface area contributed by atoms with Gasteiger partial charge in [-0.05, 0) is 31.0 Å². The number of benzene rings is 1. The van der Waals surface area contributed by atoms with Gasteiger partial charge in [-0.3, -0.25) is 4.72 Å². The third-order valence-corrected chi connectivity index (χ3v) is 6.79. The molecule has 0 aliphatic carbocycles. The fourth-order valence-corrected chi connectivity index (χ4v) is 5.60. The summed E-state index contributed by atoms with van der Waals surface area (Å²) in [5.74, 6) is -0.364. The van der Waals surface area contributed by atoms with E-state index >= 15 is 0 Å². The first-order valence-corrected chi connectivity index (χ1v) is 10.8. The molecule has 160 valence electrons. The Bertz CT molecular complexity index is 1190. The molecule has 8 nitrogen and oxygen atoms in total. The van der Waals surface area contributed by atoms with Crippen LogP contribution in [0.4, 0.5) is 18.2 Å². The van der Waals surface area contributed by atoms with Gasteiger partial charge in [-0.15, -0.1) is 24.5 Å². The van der Waals surface area contributed by atoms with Crippen molar-refractivity contribution in [2.45, 2.75) is 31.2 Å². The molecule has 13 heteroatoms. The summed E-state index contributed by atoms with van der Waals surface area (Å²) in [6.07, 6.45) is -4.55. The lowest BCUT2D eigenvalue weighted by Crippen LogP contribution is -2.20. The maximum atomic E-state index is 13.0. The third-order valence-electron chi connectivity index (χ3n) is 4.15. The van der Waals surface area contributed by atoms with Crippen LogP contribution in [-0.4, -0.2) is 31.5 Å². The van der Waals surface area contributed by atoms with Crippen molar-refractivity contribution in [3.05, 3.63) is 40.5 Å². The van der Waals surface area contributed by atoms with Crippen molar-refractivity contribution in [1.29, 1.82) is 0 Å². The Balaban J connectivity index is 1.77. The highest BCUT2D eigenvalue weighted by molar-refractivity contribution is 7.93. The highest BCUT2D eigenvalue weighted by Gasteiger charge is 2.35. The second-order valence-electron chi connectivity index (χ2n) is 6.26. The first-order chi connectivity index (χ1) is 14.1. The number of nitrogens with zero attached hydrogens (tertiary/aromatic N) is 2. The fraction of sp³-hybridized carbons (Fsp3) is 0.294. The molecule has 1 aliphatic heterocycles. The van der Waals surface area contributed by atoms with Crippen molar-refractivity contribution < 1.29 is 35.6 Å². The minimum absolute atomic E-state index is 0.115. The van der Waals surface area contributed by atoms with Gasteiger partial charge in [0, 0.05) is 4.88 Å². The molecular weight excluding hydrogens is 447 g/mol. The summed E-state index contributed by atoms with van der Waals surface area (Å²) in [7, 11) is -4.43. The molecule has 3 heterocycles. The predicted molar refractivity (Wildman–Crippen MR) is 99.6 cm³/mol. The first-order valence-electron chi connectivity index (χ1n) is 8.54. The number of nitrogens with one attached hydrogen (secondary N) is 1. The van der Waals surface area contributed by atoms with Gasteiger partial charge in [0.25, 0.3) is 15.9 Å². The molecule has 0 radical (unpaired) electrons. The van der Waals surface area contributed by atoms with Crippen LogP contribution in [0, 0.1) is 6.92 Å². The molecule has 0 unspecified atom stereocenters. The summed E-state index contributed by atoms with van der Waals surface area (Å²) < 4.78 is 80.9. The van der Waals surface area contributed by atoms with Crippen LogP contribution in [0.2, 0.25) is 0 Å². The average Bonchev–Trinajstić information content (AvgIpc) is 3.22. The Labute approximate surface area is 172 Å². The Morgan fingerprint density at radius 2 is 2.03 bits per heavy atom. The Morgan fingerprint density at radius 1 is 1.27 bits per heavy atom. The molecule has 1 aliphatic rings. The molecule has 4 rings (SSSR count). The van der Waals surface area contributed by atoms with Gasteiger partial charge in [0.05, 0.1) is 18.8 Å². The minimum Gasteiger partial charge on any atom is -0.404 e. The van der Waals surface area contributed by atoms with E-state index in [-0.39, 0.29) is 17.5 Å². The molecule has 1 aromatic carbocycles. The van der Waals surface area contributed by atoms with Gasteiger partial charge in [0.1, 0.15) is 15.6 Å². The van der Waals surface area contributed by atoms with E-state index < -0.39 is 27.0 Å². The summed E-state index contributed by atoms with van der Waals surface area (Å²) in [5, 5.41) is 3.89. The van der Waals surface area contributed by atoms with Gasteiger partial charge in [-0.1, -0.05) is 17.3 Å². The molecule has 0 saturated carbocycles. The van der Waals surface area contributed by atoms with Gasteiger partial charge in [-0.25, -0.2) is 8.42 Å². The molecule has 3 aromatic rings. The molecule has 0 fully saturated rings. The Hall–Kier alpha value is -2.64. The van der Waals surface area contributed by atoms with Crippen molar-refractivity contribution >= 4 is 26.4 Å². The second kappa shape index (κ2) is 7.56. The zero-order valence-corrected chi connectivity index (χ0v) is 16.9. The van der Waals surface area contributed by atoms with E-state index in [0.717, 1.165) is 33.9 Å². The number of aromatic nitrogens is 2. The van der Waals surface area contributed by atoms with Crippen LogP contribution in [0.3, 0.4) is 0 Å². The number of halogens is 3. The maximum absolute atomic E-state index is 13.0. The smallest absolute Gasteiger partial charge is 0.404 e. The monoisotopic (exact) mass is 461 g/mol. The number of sulfonamides is 1. The van der Waals surface area contributed by atoms with Gasteiger partial charge in [0.15, 0.2) is 5.82 Å². The largest absolute Gasteiger partial charge is 0.573 e. The Morgan fingerprint density at radius 3 is 2.73 bits per heavy atom. The molecular formula is C17H14F3N3O5S2. The lowest BCUT2D eigenvalue weighted by Gasteiger charge is -2.14. The maximum Gasteiger partial charge on any atom is 0.573 e. The lowest BCUT2D eigenvalue weighted by molar-refractivity contribution is -0.275. The molecule has 0 bridgehead atoms. The second-order valence-corrected chi connectivity index (χ2v) is 9.01. The highest BCUT2D eigenvalue weighted by Crippen LogP contribution is 2.44. The number of hydrogen-bond acceptors (Lipinski definition) is 8. The number of alkyl halides is 3. The number of para-hydroxylation sites is 1. The molecule has 0 atom stereocenters. The van der Waals surface area contributed by atoms with Crippen molar-refractivity contribution in [2.24, 2.45) is 0 Å². The fourth-order valence-electron chi connectivity index (χ4n) is 2.99. The number of anilines is 1. The summed E-state index contributed by atoms with van der Waals surface area (Å²) >= 11 is 1.10.